The van der Waals surface area contributed by atoms with Crippen molar-refractivity contribution in [1.29, 1.82) is 0 Å². The maximum Gasteiger partial charge on any atom is 0.129 e. The average Bonchev–Trinajstić information content (AvgIpc) is 2.61. The molecule has 0 amide bonds. The van der Waals surface area contributed by atoms with Crippen molar-refractivity contribution in [2.75, 3.05) is 0 Å². The molecule has 1 nitrogen and oxygen atoms in total. The topological polar surface area (TPSA) is 26.0 Å². The zero-order valence-corrected chi connectivity index (χ0v) is 8.65. The molecule has 1 fully saturated rings. The minimum absolute atomic E-state index is 0.168. The van der Waals surface area contributed by atoms with Crippen LogP contribution in [0.15, 0.2) is 0 Å². The molecule has 1 saturated carbocycles. The van der Waals surface area contributed by atoms with E-state index in [1.165, 1.54) is 12.8 Å². The Bertz CT molecular complexity index is 190. The van der Waals surface area contributed by atoms with Gasteiger partial charge in [0, 0.05) is 0 Å². The van der Waals surface area contributed by atoms with Gasteiger partial charge in [0.05, 0.1) is 6.04 Å². The first-order valence-electron chi connectivity index (χ1n) is 4.27. The molecule has 62 valence electrons. The standard InChI is InChI=1S/C9H17NSi/c1-11(2,3)7-6-9(10)8-4-5-8/h8-9H,4-5,10H2,1-3H3/t9-/m0/s1. The molecule has 0 radical (unpaired) electrons. The predicted molar refractivity (Wildman–Crippen MR) is 51.8 cm³/mol. The van der Waals surface area contributed by atoms with E-state index in [-0.39, 0.29) is 6.04 Å². The van der Waals surface area contributed by atoms with Gasteiger partial charge < -0.3 is 5.73 Å². The second kappa shape index (κ2) is 3.00. The Labute approximate surface area is 70.4 Å². The van der Waals surface area contributed by atoms with Crippen molar-refractivity contribution in [2.24, 2.45) is 11.7 Å². The first-order valence-corrected chi connectivity index (χ1v) is 7.77. The second-order valence-electron chi connectivity index (χ2n) is 4.38. The van der Waals surface area contributed by atoms with Crippen LogP contribution in [0.5, 0.6) is 0 Å². The van der Waals surface area contributed by atoms with Gasteiger partial charge in [0.15, 0.2) is 0 Å². The van der Waals surface area contributed by atoms with E-state index >= 15 is 0 Å². The zero-order chi connectivity index (χ0) is 8.48. The van der Waals surface area contributed by atoms with Crippen LogP contribution in [0.1, 0.15) is 12.8 Å². The van der Waals surface area contributed by atoms with Crippen LogP contribution in [0, 0.1) is 17.4 Å². The highest BCUT2D eigenvalue weighted by Gasteiger charge is 2.27. The fraction of sp³-hybridized carbons (Fsp3) is 0.778. The van der Waals surface area contributed by atoms with Gasteiger partial charge in [-0.3, -0.25) is 0 Å². The Balaban J connectivity index is 2.41. The lowest BCUT2D eigenvalue weighted by atomic mass is 10.2. The van der Waals surface area contributed by atoms with E-state index in [4.69, 9.17) is 5.73 Å². The number of rotatable bonds is 1. The lowest BCUT2D eigenvalue weighted by Gasteiger charge is -2.05. The van der Waals surface area contributed by atoms with Crippen LogP contribution < -0.4 is 5.73 Å². The average molecular weight is 167 g/mol. The summed E-state index contributed by atoms with van der Waals surface area (Å²) >= 11 is 0. The Morgan fingerprint density at radius 3 is 2.27 bits per heavy atom. The van der Waals surface area contributed by atoms with Gasteiger partial charge >= 0.3 is 0 Å². The highest BCUT2D eigenvalue weighted by atomic mass is 28.3. The lowest BCUT2D eigenvalue weighted by molar-refractivity contribution is 0.731. The molecule has 0 bridgehead atoms. The van der Waals surface area contributed by atoms with E-state index in [1.807, 2.05) is 0 Å². The molecule has 1 aliphatic carbocycles. The molecule has 1 aliphatic rings. The van der Waals surface area contributed by atoms with Crippen LogP contribution in [-0.2, 0) is 0 Å². The smallest absolute Gasteiger partial charge is 0.129 e. The molecule has 0 aliphatic heterocycles. The van der Waals surface area contributed by atoms with Crippen LogP contribution in [-0.4, -0.2) is 14.1 Å². The molecule has 2 N–H and O–H groups in total. The van der Waals surface area contributed by atoms with Crippen molar-refractivity contribution in [1.82, 2.24) is 0 Å². The minimum atomic E-state index is -1.18. The van der Waals surface area contributed by atoms with Gasteiger partial charge in [0.2, 0.25) is 0 Å². The molecular formula is C9H17NSi. The third-order valence-electron chi connectivity index (χ3n) is 1.74. The van der Waals surface area contributed by atoms with Crippen molar-refractivity contribution in [3.63, 3.8) is 0 Å². The molecule has 0 aromatic rings. The molecule has 0 saturated heterocycles. The third kappa shape index (κ3) is 3.59. The Kier molecular flexibility index (Phi) is 2.41. The first-order chi connectivity index (χ1) is 4.99. The highest BCUT2D eigenvalue weighted by molar-refractivity contribution is 6.83. The molecular weight excluding hydrogens is 150 g/mol. The summed E-state index contributed by atoms with van der Waals surface area (Å²) < 4.78 is 0. The van der Waals surface area contributed by atoms with Crippen LogP contribution >= 0.6 is 0 Å². The van der Waals surface area contributed by atoms with E-state index < -0.39 is 8.07 Å². The zero-order valence-electron chi connectivity index (χ0n) is 7.65. The highest BCUT2D eigenvalue weighted by Crippen LogP contribution is 2.31. The molecule has 1 rings (SSSR count). The summed E-state index contributed by atoms with van der Waals surface area (Å²) in [6, 6.07) is 0.168. The van der Waals surface area contributed by atoms with E-state index in [9.17, 15) is 0 Å². The summed E-state index contributed by atoms with van der Waals surface area (Å²) in [7, 11) is -1.18. The minimum Gasteiger partial charge on any atom is -0.317 e. The van der Waals surface area contributed by atoms with Crippen molar-refractivity contribution >= 4 is 8.07 Å². The first kappa shape index (κ1) is 8.83. The number of hydrogen-bond acceptors (Lipinski definition) is 1. The fourth-order valence-electron chi connectivity index (χ4n) is 0.873. The summed E-state index contributed by atoms with van der Waals surface area (Å²) in [5.74, 6) is 3.90. The second-order valence-corrected chi connectivity index (χ2v) is 9.13. The van der Waals surface area contributed by atoms with Crippen molar-refractivity contribution in [2.45, 2.75) is 38.5 Å². The lowest BCUT2D eigenvalue weighted by Crippen LogP contribution is -2.23. The van der Waals surface area contributed by atoms with Gasteiger partial charge in [0.25, 0.3) is 0 Å². The van der Waals surface area contributed by atoms with E-state index in [0.29, 0.717) is 0 Å². The summed E-state index contributed by atoms with van der Waals surface area (Å²) in [6.07, 6.45) is 2.59. The van der Waals surface area contributed by atoms with Gasteiger partial charge in [-0.05, 0) is 18.8 Å². The van der Waals surface area contributed by atoms with E-state index in [2.05, 4.69) is 31.1 Å². The normalized spacial score (nSPS) is 20.4. The molecule has 1 atom stereocenters. The largest absolute Gasteiger partial charge is 0.317 e. The van der Waals surface area contributed by atoms with Crippen LogP contribution in [0.25, 0.3) is 0 Å². The van der Waals surface area contributed by atoms with Gasteiger partial charge in [-0.15, -0.1) is 5.54 Å². The molecule has 11 heavy (non-hydrogen) atoms. The summed E-state index contributed by atoms with van der Waals surface area (Å²) in [4.78, 5) is 0. The predicted octanol–water partition coefficient (Wildman–Crippen LogP) is 1.60. The Morgan fingerprint density at radius 2 is 1.91 bits per heavy atom. The number of nitrogens with two attached hydrogens (primary N) is 1. The maximum absolute atomic E-state index is 5.83. The van der Waals surface area contributed by atoms with Gasteiger partial charge in [-0.1, -0.05) is 25.6 Å². The summed E-state index contributed by atoms with van der Waals surface area (Å²) in [5, 5.41) is 0. The Morgan fingerprint density at radius 1 is 1.36 bits per heavy atom. The van der Waals surface area contributed by atoms with Gasteiger partial charge in [-0.2, -0.15) is 0 Å². The molecule has 0 aromatic heterocycles. The quantitative estimate of drug-likeness (QED) is 0.466. The molecule has 0 unspecified atom stereocenters. The molecule has 0 aromatic carbocycles. The van der Waals surface area contributed by atoms with E-state index in [1.54, 1.807) is 0 Å². The van der Waals surface area contributed by atoms with Crippen molar-refractivity contribution < 1.29 is 0 Å². The fourth-order valence-corrected chi connectivity index (χ4v) is 1.47. The van der Waals surface area contributed by atoms with E-state index in [0.717, 1.165) is 5.92 Å². The Hall–Kier alpha value is -0.263. The van der Waals surface area contributed by atoms with Gasteiger partial charge in [0.1, 0.15) is 8.07 Å². The SMILES string of the molecule is C[Si](C)(C)C#C[C@H](N)C1CC1. The van der Waals surface area contributed by atoms with Crippen molar-refractivity contribution in [3.8, 4) is 11.5 Å². The van der Waals surface area contributed by atoms with Crippen LogP contribution in [0.3, 0.4) is 0 Å². The summed E-state index contributed by atoms with van der Waals surface area (Å²) in [5.41, 5.74) is 9.14. The maximum atomic E-state index is 5.83. The third-order valence-corrected chi connectivity index (χ3v) is 2.64. The van der Waals surface area contributed by atoms with Crippen molar-refractivity contribution in [3.05, 3.63) is 0 Å². The summed E-state index contributed by atoms with van der Waals surface area (Å²) in [6.45, 7) is 6.75. The monoisotopic (exact) mass is 167 g/mol. The molecule has 2 heteroatoms. The van der Waals surface area contributed by atoms with Crippen LogP contribution in [0.4, 0.5) is 0 Å². The molecule has 0 heterocycles. The van der Waals surface area contributed by atoms with Crippen LogP contribution in [0.2, 0.25) is 19.6 Å². The number of hydrogen-bond donors (Lipinski definition) is 1. The molecule has 0 spiro atoms. The van der Waals surface area contributed by atoms with Gasteiger partial charge in [-0.25, -0.2) is 0 Å².